The van der Waals surface area contributed by atoms with Crippen molar-refractivity contribution < 1.29 is 9.53 Å². The Labute approximate surface area is 157 Å². The summed E-state index contributed by atoms with van der Waals surface area (Å²) in [6, 6.07) is 10.8. The second kappa shape index (κ2) is 8.45. The quantitative estimate of drug-likeness (QED) is 0.757. The molecule has 2 rings (SSSR count). The minimum atomic E-state index is -0.188. The summed E-state index contributed by atoms with van der Waals surface area (Å²) in [6.07, 6.45) is 1.61. The highest BCUT2D eigenvalue weighted by molar-refractivity contribution is 9.10. The fourth-order valence-corrected chi connectivity index (χ4v) is 2.85. The maximum atomic E-state index is 12.6. The van der Waals surface area contributed by atoms with Crippen LogP contribution in [-0.4, -0.2) is 43.0 Å². The van der Waals surface area contributed by atoms with Crippen molar-refractivity contribution in [3.63, 3.8) is 0 Å². The lowest BCUT2D eigenvalue weighted by Crippen LogP contribution is -2.40. The minimum Gasteiger partial charge on any atom is -0.438 e. The van der Waals surface area contributed by atoms with Gasteiger partial charge in [0, 0.05) is 23.8 Å². The van der Waals surface area contributed by atoms with Gasteiger partial charge in [-0.3, -0.25) is 4.79 Å². The number of aromatic nitrogens is 1. The number of pyridine rings is 1. The van der Waals surface area contributed by atoms with Gasteiger partial charge in [-0.2, -0.15) is 0 Å². The molecule has 1 aromatic heterocycles. The molecule has 0 aliphatic heterocycles. The normalized spacial score (nSPS) is 11.4. The third-order valence-electron chi connectivity index (χ3n) is 3.52. The van der Waals surface area contributed by atoms with Gasteiger partial charge in [0.15, 0.2) is 0 Å². The van der Waals surface area contributed by atoms with Crippen molar-refractivity contribution in [1.29, 1.82) is 0 Å². The van der Waals surface area contributed by atoms with Gasteiger partial charge in [-0.15, -0.1) is 0 Å². The summed E-state index contributed by atoms with van der Waals surface area (Å²) in [5.74, 6) is 0.740. The van der Waals surface area contributed by atoms with E-state index in [1.807, 2.05) is 38.4 Å². The zero-order valence-corrected chi connectivity index (χ0v) is 16.6. The average Bonchev–Trinajstić information content (AvgIpc) is 2.54. The summed E-state index contributed by atoms with van der Waals surface area (Å²) in [5, 5.41) is 2.99. The molecule has 0 saturated heterocycles. The molecule has 0 bridgehead atoms. The topological polar surface area (TPSA) is 54.5 Å². The molecule has 1 N–H and O–H groups in total. The van der Waals surface area contributed by atoms with Crippen molar-refractivity contribution in [1.82, 2.24) is 15.2 Å². The summed E-state index contributed by atoms with van der Waals surface area (Å²) >= 11 is 3.39. The Hall–Kier alpha value is -1.92. The number of hydrogen-bond acceptors (Lipinski definition) is 4. The lowest BCUT2D eigenvalue weighted by atomic mass is 9.93. The van der Waals surface area contributed by atoms with Gasteiger partial charge in [-0.1, -0.05) is 29.8 Å². The van der Waals surface area contributed by atoms with E-state index in [1.165, 1.54) is 0 Å². The first-order valence-electron chi connectivity index (χ1n) is 8.08. The first kappa shape index (κ1) is 19.4. The van der Waals surface area contributed by atoms with Gasteiger partial charge in [0.1, 0.15) is 11.3 Å². The van der Waals surface area contributed by atoms with Crippen LogP contribution in [0.1, 0.15) is 24.2 Å². The zero-order chi connectivity index (χ0) is 18.4. The van der Waals surface area contributed by atoms with Crippen LogP contribution in [-0.2, 0) is 0 Å². The SMILES string of the molecule is CN(C)CC(C)(C)CNC(=O)c1cccnc1Oc1ccc(Br)cc1. The molecule has 0 unspecified atom stereocenters. The van der Waals surface area contributed by atoms with E-state index in [2.05, 4.69) is 45.0 Å². The van der Waals surface area contributed by atoms with Gasteiger partial charge >= 0.3 is 0 Å². The molecule has 0 atom stereocenters. The third kappa shape index (κ3) is 6.14. The Balaban J connectivity index is 2.08. The number of benzene rings is 1. The molecule has 1 amide bonds. The van der Waals surface area contributed by atoms with Crippen LogP contribution >= 0.6 is 15.9 Å². The maximum absolute atomic E-state index is 12.6. The molecule has 5 nitrogen and oxygen atoms in total. The molecule has 0 aliphatic rings. The van der Waals surface area contributed by atoms with Crippen molar-refractivity contribution in [3.8, 4) is 11.6 Å². The van der Waals surface area contributed by atoms with E-state index in [-0.39, 0.29) is 11.3 Å². The fraction of sp³-hybridized carbons (Fsp3) is 0.368. The van der Waals surface area contributed by atoms with Crippen molar-refractivity contribution in [2.45, 2.75) is 13.8 Å². The van der Waals surface area contributed by atoms with Crippen molar-refractivity contribution in [2.75, 3.05) is 27.2 Å². The van der Waals surface area contributed by atoms with Gasteiger partial charge in [-0.05, 0) is 55.9 Å². The van der Waals surface area contributed by atoms with Crippen LogP contribution in [0.15, 0.2) is 47.1 Å². The minimum absolute atomic E-state index is 0.0336. The Kier molecular flexibility index (Phi) is 6.56. The molecule has 2 aromatic rings. The molecular weight excluding hydrogens is 382 g/mol. The maximum Gasteiger partial charge on any atom is 0.256 e. The highest BCUT2D eigenvalue weighted by Crippen LogP contribution is 2.24. The summed E-state index contributed by atoms with van der Waals surface area (Å²) in [5.41, 5.74) is 0.389. The number of amides is 1. The van der Waals surface area contributed by atoms with Gasteiger partial charge in [0.25, 0.3) is 5.91 Å². The monoisotopic (exact) mass is 405 g/mol. The highest BCUT2D eigenvalue weighted by Gasteiger charge is 2.21. The third-order valence-corrected chi connectivity index (χ3v) is 4.04. The van der Waals surface area contributed by atoms with E-state index in [4.69, 9.17) is 4.74 Å². The van der Waals surface area contributed by atoms with Gasteiger partial charge in [0.05, 0.1) is 0 Å². The number of ether oxygens (including phenoxy) is 1. The molecule has 0 saturated carbocycles. The second-order valence-corrected chi connectivity index (χ2v) is 7.91. The van der Waals surface area contributed by atoms with Crippen LogP contribution in [0, 0.1) is 5.41 Å². The summed E-state index contributed by atoms with van der Waals surface area (Å²) < 4.78 is 6.74. The molecule has 25 heavy (non-hydrogen) atoms. The van der Waals surface area contributed by atoms with E-state index < -0.39 is 0 Å². The molecular formula is C19H24BrN3O2. The molecule has 0 fully saturated rings. The Bertz CT molecular complexity index is 715. The largest absolute Gasteiger partial charge is 0.438 e. The molecule has 1 aromatic carbocycles. The number of carbonyl (C=O) groups excluding carboxylic acids is 1. The molecule has 134 valence electrons. The van der Waals surface area contributed by atoms with Crippen LogP contribution in [0.25, 0.3) is 0 Å². The van der Waals surface area contributed by atoms with Crippen LogP contribution < -0.4 is 10.1 Å². The van der Waals surface area contributed by atoms with Crippen molar-refractivity contribution >= 4 is 21.8 Å². The number of nitrogens with one attached hydrogen (secondary N) is 1. The second-order valence-electron chi connectivity index (χ2n) is 7.00. The highest BCUT2D eigenvalue weighted by atomic mass is 79.9. The average molecular weight is 406 g/mol. The predicted octanol–water partition coefficient (Wildman–Crippen LogP) is 3.95. The number of nitrogens with zero attached hydrogens (tertiary/aromatic N) is 2. The summed E-state index contributed by atoms with van der Waals surface area (Å²) in [7, 11) is 4.05. The smallest absolute Gasteiger partial charge is 0.256 e. The first-order chi connectivity index (χ1) is 11.8. The Morgan fingerprint density at radius 3 is 2.56 bits per heavy atom. The number of halogens is 1. The van der Waals surface area contributed by atoms with Gasteiger partial charge < -0.3 is 15.0 Å². The number of carbonyl (C=O) groups is 1. The molecule has 0 spiro atoms. The molecule has 0 aliphatic carbocycles. The molecule has 0 radical (unpaired) electrons. The van der Waals surface area contributed by atoms with Crippen LogP contribution in [0.2, 0.25) is 0 Å². The summed E-state index contributed by atoms with van der Waals surface area (Å²) in [4.78, 5) is 18.9. The standard InChI is InChI=1S/C19H24BrN3O2/c1-19(2,13-23(3)4)12-22-17(24)16-6-5-11-21-18(16)25-15-9-7-14(20)8-10-15/h5-11H,12-13H2,1-4H3,(H,22,24). The van der Waals surface area contributed by atoms with E-state index >= 15 is 0 Å². The molecule has 1 heterocycles. The molecule has 6 heteroatoms. The fourth-order valence-electron chi connectivity index (χ4n) is 2.59. The van der Waals surface area contributed by atoms with Crippen molar-refractivity contribution in [3.05, 3.63) is 52.6 Å². The van der Waals surface area contributed by atoms with E-state index in [0.717, 1.165) is 11.0 Å². The zero-order valence-electron chi connectivity index (χ0n) is 15.0. The lowest BCUT2D eigenvalue weighted by Gasteiger charge is -2.28. The summed E-state index contributed by atoms with van der Waals surface area (Å²) in [6.45, 7) is 5.69. The van der Waals surface area contributed by atoms with Gasteiger partial charge in [-0.25, -0.2) is 4.98 Å². The van der Waals surface area contributed by atoms with E-state index in [1.54, 1.807) is 18.3 Å². The first-order valence-corrected chi connectivity index (χ1v) is 8.87. The van der Waals surface area contributed by atoms with Crippen LogP contribution in [0.5, 0.6) is 11.6 Å². The van der Waals surface area contributed by atoms with E-state index in [9.17, 15) is 4.79 Å². The lowest BCUT2D eigenvalue weighted by molar-refractivity contribution is 0.0926. The predicted molar refractivity (Wildman–Crippen MR) is 103 cm³/mol. The van der Waals surface area contributed by atoms with Crippen molar-refractivity contribution in [2.24, 2.45) is 5.41 Å². The van der Waals surface area contributed by atoms with E-state index in [0.29, 0.717) is 23.7 Å². The van der Waals surface area contributed by atoms with Gasteiger partial charge in [0.2, 0.25) is 5.88 Å². The Morgan fingerprint density at radius 2 is 1.92 bits per heavy atom. The number of hydrogen-bond donors (Lipinski definition) is 1. The Morgan fingerprint density at radius 1 is 1.24 bits per heavy atom. The van der Waals surface area contributed by atoms with Crippen LogP contribution in [0.4, 0.5) is 0 Å². The number of rotatable bonds is 7. The van der Waals surface area contributed by atoms with Crippen LogP contribution in [0.3, 0.4) is 0 Å².